The highest BCUT2D eigenvalue weighted by molar-refractivity contribution is 7.88. The molecule has 3 aromatic rings. The molecule has 1 aliphatic heterocycles. The van der Waals surface area contributed by atoms with Crippen LogP contribution in [0.3, 0.4) is 0 Å². The van der Waals surface area contributed by atoms with Gasteiger partial charge in [-0.1, -0.05) is 54.6 Å². The monoisotopic (exact) mass is 448 g/mol. The van der Waals surface area contributed by atoms with Crippen molar-refractivity contribution in [1.29, 1.82) is 0 Å². The van der Waals surface area contributed by atoms with Gasteiger partial charge >= 0.3 is 0 Å². The normalized spacial score (nSPS) is 14.2. The number of anilines is 1. The zero-order chi connectivity index (χ0) is 22.6. The molecule has 1 saturated heterocycles. The van der Waals surface area contributed by atoms with E-state index in [4.69, 9.17) is 0 Å². The van der Waals surface area contributed by atoms with E-state index >= 15 is 0 Å². The van der Waals surface area contributed by atoms with Crippen molar-refractivity contribution in [3.8, 4) is 0 Å². The summed E-state index contributed by atoms with van der Waals surface area (Å²) in [5.41, 5.74) is 2.38. The third kappa shape index (κ3) is 4.95. The molecule has 7 heteroatoms. The highest BCUT2D eigenvalue weighted by Gasteiger charge is 2.25. The van der Waals surface area contributed by atoms with E-state index in [1.54, 1.807) is 72.8 Å². The molecule has 0 aromatic heterocycles. The van der Waals surface area contributed by atoms with Crippen LogP contribution >= 0.6 is 0 Å². The number of sulfonamides is 1. The third-order valence-electron chi connectivity index (χ3n) is 5.48. The van der Waals surface area contributed by atoms with Gasteiger partial charge in [-0.2, -0.15) is 0 Å². The number of para-hydroxylation sites is 1. The molecule has 0 spiro atoms. The fraction of sp³-hybridized carbons (Fsp3) is 0.200. The average molecular weight is 449 g/mol. The van der Waals surface area contributed by atoms with Crippen LogP contribution < -0.4 is 5.32 Å². The number of benzene rings is 3. The minimum Gasteiger partial charge on any atom is -0.321 e. The fourth-order valence-electron chi connectivity index (χ4n) is 3.75. The third-order valence-corrected chi connectivity index (χ3v) is 7.33. The summed E-state index contributed by atoms with van der Waals surface area (Å²) >= 11 is 0. The number of ketones is 1. The summed E-state index contributed by atoms with van der Waals surface area (Å²) in [7, 11) is -3.34. The molecule has 32 heavy (non-hydrogen) atoms. The van der Waals surface area contributed by atoms with Crippen molar-refractivity contribution < 1.29 is 18.0 Å². The highest BCUT2D eigenvalue weighted by Crippen LogP contribution is 2.21. The second-order valence-electron chi connectivity index (χ2n) is 7.75. The van der Waals surface area contributed by atoms with Crippen molar-refractivity contribution in [1.82, 2.24) is 4.31 Å². The van der Waals surface area contributed by atoms with Crippen LogP contribution in [0, 0.1) is 0 Å². The fourth-order valence-corrected chi connectivity index (χ4v) is 5.36. The summed E-state index contributed by atoms with van der Waals surface area (Å²) in [6, 6.07) is 22.3. The lowest BCUT2D eigenvalue weighted by molar-refractivity contribution is 0.102. The summed E-state index contributed by atoms with van der Waals surface area (Å²) in [5.74, 6) is -0.625. The van der Waals surface area contributed by atoms with Crippen LogP contribution in [0.25, 0.3) is 0 Å². The van der Waals surface area contributed by atoms with Crippen LogP contribution in [0.15, 0.2) is 78.9 Å². The summed E-state index contributed by atoms with van der Waals surface area (Å²) < 4.78 is 26.5. The maximum atomic E-state index is 12.9. The molecule has 0 aliphatic carbocycles. The zero-order valence-electron chi connectivity index (χ0n) is 17.5. The van der Waals surface area contributed by atoms with Gasteiger partial charge in [0.1, 0.15) is 0 Å². The zero-order valence-corrected chi connectivity index (χ0v) is 18.3. The first kappa shape index (κ1) is 21.9. The molecule has 4 rings (SSSR count). The van der Waals surface area contributed by atoms with Crippen molar-refractivity contribution >= 4 is 27.4 Å². The van der Waals surface area contributed by atoms with E-state index in [1.807, 2.05) is 6.07 Å². The predicted molar refractivity (Wildman–Crippen MR) is 124 cm³/mol. The van der Waals surface area contributed by atoms with Crippen molar-refractivity contribution in [2.75, 3.05) is 18.4 Å². The van der Waals surface area contributed by atoms with Gasteiger partial charge in [0.15, 0.2) is 5.78 Å². The van der Waals surface area contributed by atoms with Crippen LogP contribution in [0.2, 0.25) is 0 Å². The van der Waals surface area contributed by atoms with Crippen molar-refractivity contribution in [3.63, 3.8) is 0 Å². The van der Waals surface area contributed by atoms with Crippen LogP contribution in [-0.2, 0) is 15.8 Å². The minimum absolute atomic E-state index is 0.0800. The molecule has 1 amide bonds. The Labute approximate surface area is 187 Å². The lowest BCUT2D eigenvalue weighted by Gasteiger charge is -2.15. The Morgan fingerprint density at radius 3 is 2.09 bits per heavy atom. The van der Waals surface area contributed by atoms with E-state index in [2.05, 4.69) is 5.32 Å². The Hall–Kier alpha value is -3.29. The average Bonchev–Trinajstić information content (AvgIpc) is 3.36. The number of carbonyl (C=O) groups is 2. The van der Waals surface area contributed by atoms with E-state index in [0.717, 1.165) is 12.8 Å². The number of nitrogens with one attached hydrogen (secondary N) is 1. The molecule has 1 N–H and O–H groups in total. The number of nitrogens with zero attached hydrogens (tertiary/aromatic N) is 1. The van der Waals surface area contributed by atoms with Crippen LogP contribution in [-0.4, -0.2) is 37.5 Å². The van der Waals surface area contributed by atoms with Crippen LogP contribution in [0.5, 0.6) is 0 Å². The molecule has 1 heterocycles. The summed E-state index contributed by atoms with van der Waals surface area (Å²) in [5, 5.41) is 2.80. The molecule has 0 atom stereocenters. The van der Waals surface area contributed by atoms with Gasteiger partial charge < -0.3 is 5.32 Å². The van der Waals surface area contributed by atoms with Gasteiger partial charge in [-0.15, -0.1) is 0 Å². The molecule has 6 nitrogen and oxygen atoms in total. The van der Waals surface area contributed by atoms with Crippen molar-refractivity contribution in [3.05, 3.63) is 101 Å². The smallest absolute Gasteiger partial charge is 0.255 e. The SMILES string of the molecule is O=C(Nc1ccccc1C(=O)c1ccccc1)c1ccc(CS(=O)(=O)N2CCCC2)cc1. The molecule has 0 bridgehead atoms. The standard InChI is InChI=1S/C25H24N2O4S/c28-24(20-8-2-1-3-9-20)22-10-4-5-11-23(22)26-25(29)21-14-12-19(13-15-21)18-32(30,31)27-16-6-7-17-27/h1-5,8-15H,6-7,16-18H2,(H,26,29). The molecule has 164 valence electrons. The first-order valence-electron chi connectivity index (χ1n) is 10.5. The Bertz CT molecular complexity index is 1220. The van der Waals surface area contributed by atoms with Crippen LogP contribution in [0.1, 0.15) is 44.7 Å². The Morgan fingerprint density at radius 2 is 1.41 bits per heavy atom. The first-order valence-corrected chi connectivity index (χ1v) is 12.1. The van der Waals surface area contributed by atoms with Gasteiger partial charge in [-0.3, -0.25) is 9.59 Å². The molecule has 0 saturated carbocycles. The minimum atomic E-state index is -3.34. The van der Waals surface area contributed by atoms with Gasteiger partial charge in [-0.05, 0) is 42.7 Å². The molecule has 1 fully saturated rings. The van der Waals surface area contributed by atoms with Gasteiger partial charge in [0.2, 0.25) is 10.0 Å². The predicted octanol–water partition coefficient (Wildman–Crippen LogP) is 4.10. The molecule has 3 aromatic carbocycles. The van der Waals surface area contributed by atoms with E-state index < -0.39 is 10.0 Å². The number of hydrogen-bond acceptors (Lipinski definition) is 4. The molecule has 0 radical (unpaired) electrons. The lowest BCUT2D eigenvalue weighted by atomic mass is 10.0. The quantitative estimate of drug-likeness (QED) is 0.552. The van der Waals surface area contributed by atoms with E-state index in [9.17, 15) is 18.0 Å². The molecule has 0 unspecified atom stereocenters. The summed E-state index contributed by atoms with van der Waals surface area (Å²) in [4.78, 5) is 25.6. The first-order chi connectivity index (χ1) is 15.4. The summed E-state index contributed by atoms with van der Waals surface area (Å²) in [6.07, 6.45) is 1.79. The van der Waals surface area contributed by atoms with E-state index in [1.165, 1.54) is 4.31 Å². The lowest BCUT2D eigenvalue weighted by Crippen LogP contribution is -2.29. The summed E-state index contributed by atoms with van der Waals surface area (Å²) in [6.45, 7) is 1.15. The van der Waals surface area contributed by atoms with E-state index in [-0.39, 0.29) is 17.4 Å². The molecule has 1 aliphatic rings. The maximum absolute atomic E-state index is 12.9. The van der Waals surface area contributed by atoms with Gasteiger partial charge in [0.05, 0.1) is 11.4 Å². The van der Waals surface area contributed by atoms with E-state index in [0.29, 0.717) is 41.0 Å². The van der Waals surface area contributed by atoms with Gasteiger partial charge in [-0.25, -0.2) is 12.7 Å². The topological polar surface area (TPSA) is 83.5 Å². The highest BCUT2D eigenvalue weighted by atomic mass is 32.2. The second kappa shape index (κ2) is 9.46. The van der Waals surface area contributed by atoms with Crippen LogP contribution in [0.4, 0.5) is 5.69 Å². The van der Waals surface area contributed by atoms with Crippen molar-refractivity contribution in [2.24, 2.45) is 0 Å². The number of carbonyl (C=O) groups excluding carboxylic acids is 2. The number of rotatable bonds is 7. The van der Waals surface area contributed by atoms with Gasteiger partial charge in [0, 0.05) is 29.8 Å². The number of amides is 1. The Kier molecular flexibility index (Phi) is 6.48. The molecular weight excluding hydrogens is 424 g/mol. The molecular formula is C25H24N2O4S. The number of hydrogen-bond donors (Lipinski definition) is 1. The second-order valence-corrected chi connectivity index (χ2v) is 9.72. The van der Waals surface area contributed by atoms with Gasteiger partial charge in [0.25, 0.3) is 5.91 Å². The largest absolute Gasteiger partial charge is 0.321 e. The Balaban J connectivity index is 1.47. The van der Waals surface area contributed by atoms with Crippen molar-refractivity contribution in [2.45, 2.75) is 18.6 Å². The Morgan fingerprint density at radius 1 is 0.781 bits per heavy atom. The maximum Gasteiger partial charge on any atom is 0.255 e.